The van der Waals surface area contributed by atoms with Crippen LogP contribution in [0.15, 0.2) is 20.1 Å². The van der Waals surface area contributed by atoms with E-state index in [0.29, 0.717) is 9.24 Å². The molecular formula is C14H10ClN8NaO5S4. The van der Waals surface area contributed by atoms with E-state index < -0.39 is 34.9 Å². The third kappa shape index (κ3) is 4.95. The Morgan fingerprint density at radius 3 is 2.58 bits per heavy atom. The van der Waals surface area contributed by atoms with Crippen LogP contribution >= 0.6 is 57.8 Å². The maximum Gasteiger partial charge on any atom is 1.00 e. The molecule has 168 valence electrons. The van der Waals surface area contributed by atoms with Crippen molar-refractivity contribution in [3.05, 3.63) is 20.6 Å². The number of nitrogens with two attached hydrogens (primary N) is 2. The number of carboxylic acid groups (broad SMARTS) is 1. The summed E-state index contributed by atoms with van der Waals surface area (Å²) in [5, 5.41) is 33.4. The van der Waals surface area contributed by atoms with E-state index in [2.05, 4.69) is 25.7 Å². The number of nitrogens with one attached hydrogen (secondary N) is 1. The number of anilines is 2. The van der Waals surface area contributed by atoms with Crippen molar-refractivity contribution < 1.29 is 54.3 Å². The SMILES string of the molecule is Nc1nnc(SC2=C(C(=O)[O-])N3C(=O)[C@@H](NC(=O)C(=NO)c4nc(N)sc4Cl)C3SC2)s1.[Na+]. The summed E-state index contributed by atoms with van der Waals surface area (Å²) in [6, 6.07) is -1.07. The average Bonchev–Trinajstić information content (AvgIpc) is 3.30. The second kappa shape index (κ2) is 10.3. The quantitative estimate of drug-likeness (QED) is 0.0884. The number of carboxylic acids is 1. The van der Waals surface area contributed by atoms with Gasteiger partial charge in [0.2, 0.25) is 5.13 Å². The molecule has 1 unspecified atom stereocenters. The molecule has 1 saturated heterocycles. The summed E-state index contributed by atoms with van der Waals surface area (Å²) in [7, 11) is 0. The van der Waals surface area contributed by atoms with Crippen molar-refractivity contribution in [2.45, 2.75) is 15.8 Å². The smallest absolute Gasteiger partial charge is 0.543 e. The number of aliphatic carboxylic acids is 1. The van der Waals surface area contributed by atoms with Crippen molar-refractivity contribution in [3.8, 4) is 0 Å². The van der Waals surface area contributed by atoms with Crippen LogP contribution in [-0.4, -0.2) is 66.0 Å². The maximum atomic E-state index is 12.7. The van der Waals surface area contributed by atoms with Crippen LogP contribution in [0.4, 0.5) is 10.3 Å². The molecule has 2 amide bonds. The first-order valence-electron chi connectivity index (χ1n) is 8.32. The predicted molar refractivity (Wildman–Crippen MR) is 117 cm³/mol. The molecule has 1 fully saturated rings. The standard InChI is InChI=1S/C14H11ClN8O5S4.Na/c15-7-3(19-12(16)31-7)4(22-28)8(24)18-5-9(25)23-6(11(26)27)2(1-29-10(5)23)30-14-21-20-13(17)32-14;/h5,10,28H,1H2,(H2,16,19)(H2,17,20)(H,18,24)(H,26,27);/q;+1/p-1/t5-,10?;/m1./s1. The van der Waals surface area contributed by atoms with E-state index in [1.807, 2.05) is 0 Å². The molecule has 4 heterocycles. The van der Waals surface area contributed by atoms with E-state index >= 15 is 0 Å². The molecule has 2 aliphatic rings. The molecule has 4 rings (SSSR count). The Labute approximate surface area is 228 Å². The van der Waals surface area contributed by atoms with Gasteiger partial charge < -0.3 is 31.9 Å². The number of nitrogens with zero attached hydrogens (tertiary/aromatic N) is 5. The first kappa shape index (κ1) is 26.0. The van der Waals surface area contributed by atoms with Gasteiger partial charge in [-0.05, 0) is 0 Å². The summed E-state index contributed by atoms with van der Waals surface area (Å²) in [4.78, 5) is 42.3. The monoisotopic (exact) mass is 556 g/mol. The molecule has 0 aromatic carbocycles. The van der Waals surface area contributed by atoms with Crippen molar-refractivity contribution in [2.75, 3.05) is 17.2 Å². The molecule has 0 saturated carbocycles. The fourth-order valence-corrected chi connectivity index (χ4v) is 7.10. The number of thioether (sulfide) groups is 2. The fourth-order valence-electron chi connectivity index (χ4n) is 2.90. The van der Waals surface area contributed by atoms with Gasteiger partial charge in [-0.25, -0.2) is 4.98 Å². The largest absolute Gasteiger partial charge is 1.00 e. The number of amides is 2. The molecule has 0 aliphatic carbocycles. The fraction of sp³-hybridized carbons (Fsp3) is 0.214. The van der Waals surface area contributed by atoms with Crippen LogP contribution in [0.25, 0.3) is 0 Å². The zero-order chi connectivity index (χ0) is 23.2. The van der Waals surface area contributed by atoms with E-state index in [0.717, 1.165) is 39.3 Å². The van der Waals surface area contributed by atoms with Gasteiger partial charge in [-0.1, -0.05) is 51.2 Å². The maximum absolute atomic E-state index is 12.7. The van der Waals surface area contributed by atoms with Gasteiger partial charge >= 0.3 is 29.6 Å². The summed E-state index contributed by atoms with van der Waals surface area (Å²) in [6.07, 6.45) is 0. The second-order valence-corrected chi connectivity index (χ2v) is 11.1. The van der Waals surface area contributed by atoms with Crippen molar-refractivity contribution in [1.82, 2.24) is 25.4 Å². The molecule has 2 aliphatic heterocycles. The van der Waals surface area contributed by atoms with Crippen LogP contribution in [0.1, 0.15) is 5.69 Å². The number of halogens is 1. The second-order valence-electron chi connectivity index (χ2n) is 6.05. The third-order valence-corrected chi connectivity index (χ3v) is 8.62. The first-order valence-corrected chi connectivity index (χ1v) is 12.2. The van der Waals surface area contributed by atoms with E-state index in [-0.39, 0.29) is 61.3 Å². The zero-order valence-electron chi connectivity index (χ0n) is 16.3. The molecular weight excluding hydrogens is 547 g/mol. The van der Waals surface area contributed by atoms with Crippen LogP contribution < -0.4 is 51.4 Å². The van der Waals surface area contributed by atoms with Gasteiger partial charge in [-0.3, -0.25) is 14.5 Å². The van der Waals surface area contributed by atoms with Crippen LogP contribution in [-0.2, 0) is 14.4 Å². The van der Waals surface area contributed by atoms with Crippen molar-refractivity contribution in [2.24, 2.45) is 5.16 Å². The Kier molecular flexibility index (Phi) is 8.15. The van der Waals surface area contributed by atoms with Crippen molar-refractivity contribution in [1.29, 1.82) is 0 Å². The van der Waals surface area contributed by atoms with Crippen LogP contribution in [0.2, 0.25) is 4.34 Å². The van der Waals surface area contributed by atoms with E-state index in [1.54, 1.807) is 0 Å². The van der Waals surface area contributed by atoms with Gasteiger partial charge in [0.15, 0.2) is 15.2 Å². The molecule has 2 aromatic rings. The Morgan fingerprint density at radius 1 is 1.30 bits per heavy atom. The van der Waals surface area contributed by atoms with E-state index in [4.69, 9.17) is 23.1 Å². The number of hydrogen-bond donors (Lipinski definition) is 4. The number of nitrogen functional groups attached to an aromatic ring is 2. The Bertz CT molecular complexity index is 1200. The predicted octanol–water partition coefficient (Wildman–Crippen LogP) is -3.85. The summed E-state index contributed by atoms with van der Waals surface area (Å²) in [5.41, 5.74) is 10.1. The van der Waals surface area contributed by atoms with Gasteiger partial charge in [-0.2, -0.15) is 0 Å². The van der Waals surface area contributed by atoms with Gasteiger partial charge in [-0.15, -0.1) is 22.0 Å². The number of carbonyl (C=O) groups excluding carboxylic acids is 3. The van der Waals surface area contributed by atoms with Gasteiger partial charge in [0.25, 0.3) is 11.8 Å². The van der Waals surface area contributed by atoms with E-state index in [1.165, 1.54) is 11.8 Å². The number of hydrogen-bond acceptors (Lipinski definition) is 15. The minimum atomic E-state index is -1.55. The summed E-state index contributed by atoms with van der Waals surface area (Å²) < 4.78 is 0.441. The molecule has 0 bridgehead atoms. The topological polar surface area (TPSA) is 213 Å². The van der Waals surface area contributed by atoms with Gasteiger partial charge in [0, 0.05) is 10.7 Å². The molecule has 0 spiro atoms. The molecule has 0 radical (unpaired) electrons. The number of carbonyl (C=O) groups is 3. The number of thiazole rings is 1. The minimum absolute atomic E-state index is 0. The average molecular weight is 557 g/mol. The molecule has 2 aromatic heterocycles. The molecule has 13 nitrogen and oxygen atoms in total. The number of oxime groups is 1. The normalized spacial score (nSPS) is 20.1. The number of rotatable bonds is 6. The van der Waals surface area contributed by atoms with Crippen LogP contribution in [0.3, 0.4) is 0 Å². The number of β-lactam (4-membered cyclic amide) rings is 1. The van der Waals surface area contributed by atoms with Gasteiger partial charge in [0.05, 0.1) is 11.7 Å². The molecule has 33 heavy (non-hydrogen) atoms. The van der Waals surface area contributed by atoms with Gasteiger partial charge in [0.1, 0.15) is 21.4 Å². The minimum Gasteiger partial charge on any atom is -0.543 e. The summed E-state index contributed by atoms with van der Waals surface area (Å²) in [6.45, 7) is 0. The third-order valence-electron chi connectivity index (χ3n) is 4.19. The zero-order valence-corrected chi connectivity index (χ0v) is 22.4. The summed E-state index contributed by atoms with van der Waals surface area (Å²) >= 11 is 10.2. The summed E-state index contributed by atoms with van der Waals surface area (Å²) in [5.74, 6) is -2.94. The number of aromatic nitrogens is 3. The van der Waals surface area contributed by atoms with Crippen LogP contribution in [0.5, 0.6) is 0 Å². The van der Waals surface area contributed by atoms with Crippen molar-refractivity contribution in [3.63, 3.8) is 0 Å². The first-order chi connectivity index (χ1) is 15.2. The number of fused-ring (bicyclic) bond motifs is 1. The molecule has 19 heteroatoms. The van der Waals surface area contributed by atoms with Crippen LogP contribution in [0, 0.1) is 0 Å². The molecule has 6 N–H and O–H groups in total. The van der Waals surface area contributed by atoms with E-state index in [9.17, 15) is 24.7 Å². The Hall–Kier alpha value is -1.60. The Morgan fingerprint density at radius 2 is 2.03 bits per heavy atom. The van der Waals surface area contributed by atoms with Crippen molar-refractivity contribution >= 4 is 91.6 Å². The molecule has 2 atom stereocenters. The Balaban J connectivity index is 0.00000306.